The number of hydrogen-bond acceptors (Lipinski definition) is 3. The first-order valence-electron chi connectivity index (χ1n) is 5.29. The van der Waals surface area contributed by atoms with Gasteiger partial charge in [-0.3, -0.25) is 4.79 Å². The van der Waals surface area contributed by atoms with Gasteiger partial charge in [0, 0.05) is 25.5 Å². The summed E-state index contributed by atoms with van der Waals surface area (Å²) in [6.45, 7) is 3.17. The number of amides is 1. The Hall–Kier alpha value is -1.78. The van der Waals surface area contributed by atoms with Crippen molar-refractivity contribution < 1.29 is 14.3 Å². The molecule has 0 aliphatic rings. The number of carbonyl (C=O) groups excluding carboxylic acids is 2. The molecule has 1 heterocycles. The number of nitrogens with one attached hydrogen (secondary N) is 1. The van der Waals surface area contributed by atoms with Crippen LogP contribution in [0, 0.1) is 0 Å². The van der Waals surface area contributed by atoms with E-state index < -0.39 is 11.9 Å². The van der Waals surface area contributed by atoms with Crippen molar-refractivity contribution in [3.05, 3.63) is 24.5 Å². The first-order chi connectivity index (χ1) is 7.74. The first-order valence-corrected chi connectivity index (χ1v) is 5.29. The fraction of sp³-hybridized carbons (Fsp3) is 0.455. The van der Waals surface area contributed by atoms with E-state index in [4.69, 9.17) is 0 Å². The fourth-order valence-electron chi connectivity index (χ4n) is 1.25. The molecular weight excluding hydrogens is 208 g/mol. The highest BCUT2D eigenvalue weighted by atomic mass is 16.5. The van der Waals surface area contributed by atoms with Gasteiger partial charge in [-0.2, -0.15) is 0 Å². The molecular formula is C11H16N2O3. The molecule has 0 saturated heterocycles. The lowest BCUT2D eigenvalue weighted by Crippen LogP contribution is -2.33. The van der Waals surface area contributed by atoms with Crippen molar-refractivity contribution in [3.63, 3.8) is 0 Å². The third-order valence-corrected chi connectivity index (χ3v) is 2.01. The van der Waals surface area contributed by atoms with Crippen molar-refractivity contribution in [1.29, 1.82) is 0 Å². The van der Waals surface area contributed by atoms with E-state index in [0.29, 0.717) is 6.54 Å². The van der Waals surface area contributed by atoms with Crippen molar-refractivity contribution >= 4 is 11.9 Å². The molecule has 0 radical (unpaired) electrons. The van der Waals surface area contributed by atoms with Crippen LogP contribution in [0.4, 0.5) is 0 Å². The summed E-state index contributed by atoms with van der Waals surface area (Å²) in [6, 6.07) is 3.88. The smallest absolute Gasteiger partial charge is 0.396 e. The lowest BCUT2D eigenvalue weighted by molar-refractivity contribution is -0.154. The standard InChI is InChI=1S/C11H16N2O3/c1-2-16-11(15)10(14)12-6-5-9-13-7-3-4-8-13/h3-4,7-8H,2,5-6,9H2,1H3,(H,12,14). The van der Waals surface area contributed by atoms with Gasteiger partial charge in [0.25, 0.3) is 0 Å². The zero-order valence-electron chi connectivity index (χ0n) is 9.31. The zero-order valence-corrected chi connectivity index (χ0v) is 9.31. The van der Waals surface area contributed by atoms with Gasteiger partial charge in [-0.1, -0.05) is 0 Å². The van der Waals surface area contributed by atoms with Gasteiger partial charge < -0.3 is 14.6 Å². The van der Waals surface area contributed by atoms with Gasteiger partial charge in [0.1, 0.15) is 0 Å². The summed E-state index contributed by atoms with van der Waals surface area (Å²) in [6.07, 6.45) is 4.68. The number of ether oxygens (including phenoxy) is 1. The molecule has 1 aromatic rings. The highest BCUT2D eigenvalue weighted by molar-refractivity contribution is 6.32. The minimum atomic E-state index is -0.816. The number of carbonyl (C=O) groups is 2. The SMILES string of the molecule is CCOC(=O)C(=O)NCCCn1cccc1. The average molecular weight is 224 g/mol. The molecule has 16 heavy (non-hydrogen) atoms. The summed E-state index contributed by atoms with van der Waals surface area (Å²) in [5.74, 6) is -1.49. The Labute approximate surface area is 94.4 Å². The topological polar surface area (TPSA) is 60.3 Å². The van der Waals surface area contributed by atoms with E-state index in [9.17, 15) is 9.59 Å². The van der Waals surface area contributed by atoms with Crippen LogP contribution in [0.2, 0.25) is 0 Å². The second-order valence-electron chi connectivity index (χ2n) is 3.25. The highest BCUT2D eigenvalue weighted by Crippen LogP contribution is 1.92. The maximum Gasteiger partial charge on any atom is 0.396 e. The second-order valence-corrected chi connectivity index (χ2v) is 3.25. The maximum atomic E-state index is 11.1. The molecule has 0 spiro atoms. The number of nitrogens with zero attached hydrogens (tertiary/aromatic N) is 1. The maximum absolute atomic E-state index is 11.1. The molecule has 1 amide bonds. The van der Waals surface area contributed by atoms with Crippen LogP contribution < -0.4 is 5.32 Å². The van der Waals surface area contributed by atoms with Gasteiger partial charge in [-0.25, -0.2) is 4.79 Å². The Morgan fingerprint density at radius 2 is 2.00 bits per heavy atom. The summed E-state index contributed by atoms with van der Waals surface area (Å²) in [5, 5.41) is 2.50. The molecule has 0 bridgehead atoms. The van der Waals surface area contributed by atoms with E-state index in [1.54, 1.807) is 6.92 Å². The van der Waals surface area contributed by atoms with Crippen molar-refractivity contribution in [1.82, 2.24) is 9.88 Å². The Kier molecular flexibility index (Phi) is 5.11. The summed E-state index contributed by atoms with van der Waals surface area (Å²) in [5.41, 5.74) is 0. The molecule has 5 heteroatoms. The third kappa shape index (κ3) is 4.16. The quantitative estimate of drug-likeness (QED) is 0.451. The lowest BCUT2D eigenvalue weighted by Gasteiger charge is -2.05. The number of rotatable bonds is 5. The Morgan fingerprint density at radius 3 is 2.62 bits per heavy atom. The molecule has 88 valence electrons. The van der Waals surface area contributed by atoms with Crippen LogP contribution in [-0.4, -0.2) is 29.6 Å². The van der Waals surface area contributed by atoms with Crippen LogP contribution in [0.1, 0.15) is 13.3 Å². The lowest BCUT2D eigenvalue weighted by atomic mass is 10.4. The summed E-state index contributed by atoms with van der Waals surface area (Å²) in [7, 11) is 0. The van der Waals surface area contributed by atoms with E-state index in [0.717, 1.165) is 13.0 Å². The molecule has 0 saturated carbocycles. The normalized spacial score (nSPS) is 9.81. The van der Waals surface area contributed by atoms with Crippen LogP contribution in [0.25, 0.3) is 0 Å². The number of esters is 1. The molecule has 0 fully saturated rings. The summed E-state index contributed by atoms with van der Waals surface area (Å²) < 4.78 is 6.56. The highest BCUT2D eigenvalue weighted by Gasteiger charge is 2.12. The number of aryl methyl sites for hydroxylation is 1. The minimum Gasteiger partial charge on any atom is -0.459 e. The van der Waals surface area contributed by atoms with E-state index in [1.165, 1.54) is 0 Å². The van der Waals surface area contributed by atoms with Crippen LogP contribution in [0.5, 0.6) is 0 Å². The minimum absolute atomic E-state index is 0.218. The molecule has 0 unspecified atom stereocenters. The van der Waals surface area contributed by atoms with Crippen molar-refractivity contribution in [3.8, 4) is 0 Å². The number of hydrogen-bond donors (Lipinski definition) is 1. The van der Waals surface area contributed by atoms with Crippen LogP contribution in [0.3, 0.4) is 0 Å². The Balaban J connectivity index is 2.11. The number of aromatic nitrogens is 1. The van der Waals surface area contributed by atoms with Gasteiger partial charge in [-0.15, -0.1) is 0 Å². The zero-order chi connectivity index (χ0) is 11.8. The predicted octanol–water partition coefficient (Wildman–Crippen LogP) is 0.557. The largest absolute Gasteiger partial charge is 0.459 e. The molecule has 0 aliphatic carbocycles. The molecule has 1 rings (SSSR count). The summed E-state index contributed by atoms with van der Waals surface area (Å²) in [4.78, 5) is 22.0. The van der Waals surface area contributed by atoms with E-state index in [2.05, 4.69) is 10.1 Å². The second kappa shape index (κ2) is 6.66. The van der Waals surface area contributed by atoms with Crippen LogP contribution >= 0.6 is 0 Å². The average Bonchev–Trinajstić information content (AvgIpc) is 2.77. The Bertz CT molecular complexity index is 333. The third-order valence-electron chi connectivity index (χ3n) is 2.01. The van der Waals surface area contributed by atoms with E-state index >= 15 is 0 Å². The van der Waals surface area contributed by atoms with Crippen molar-refractivity contribution in [2.45, 2.75) is 19.9 Å². The van der Waals surface area contributed by atoms with Crippen molar-refractivity contribution in [2.24, 2.45) is 0 Å². The van der Waals surface area contributed by atoms with Crippen LogP contribution in [0.15, 0.2) is 24.5 Å². The van der Waals surface area contributed by atoms with Gasteiger partial charge in [-0.05, 0) is 25.5 Å². The van der Waals surface area contributed by atoms with E-state index in [-0.39, 0.29) is 6.61 Å². The summed E-state index contributed by atoms with van der Waals surface area (Å²) >= 11 is 0. The van der Waals surface area contributed by atoms with Crippen LogP contribution in [-0.2, 0) is 20.9 Å². The molecule has 0 aromatic carbocycles. The predicted molar refractivity (Wildman–Crippen MR) is 58.7 cm³/mol. The van der Waals surface area contributed by atoms with Gasteiger partial charge in [0.2, 0.25) is 0 Å². The van der Waals surface area contributed by atoms with Gasteiger partial charge in [0.15, 0.2) is 0 Å². The monoisotopic (exact) mass is 224 g/mol. The molecule has 0 aliphatic heterocycles. The fourth-order valence-corrected chi connectivity index (χ4v) is 1.25. The molecule has 1 N–H and O–H groups in total. The van der Waals surface area contributed by atoms with Crippen molar-refractivity contribution in [2.75, 3.05) is 13.2 Å². The van der Waals surface area contributed by atoms with Gasteiger partial charge in [0.05, 0.1) is 6.61 Å². The molecule has 5 nitrogen and oxygen atoms in total. The Morgan fingerprint density at radius 1 is 1.31 bits per heavy atom. The first kappa shape index (κ1) is 12.3. The van der Waals surface area contributed by atoms with Gasteiger partial charge >= 0.3 is 11.9 Å². The molecule has 1 aromatic heterocycles. The molecule has 0 atom stereocenters. The van der Waals surface area contributed by atoms with E-state index in [1.807, 2.05) is 29.1 Å².